The van der Waals surface area contributed by atoms with E-state index in [1.54, 1.807) is 20.8 Å². The van der Waals surface area contributed by atoms with Crippen molar-refractivity contribution in [3.63, 3.8) is 0 Å². The largest absolute Gasteiger partial charge is 0.481 e. The van der Waals surface area contributed by atoms with Gasteiger partial charge in [0.05, 0.1) is 12.0 Å². The van der Waals surface area contributed by atoms with Crippen LogP contribution in [0.4, 0.5) is 0 Å². The van der Waals surface area contributed by atoms with Crippen molar-refractivity contribution >= 4 is 11.9 Å². The molecule has 5 nitrogen and oxygen atoms in total. The maximum Gasteiger partial charge on any atom is 0.334 e. The number of rotatable bonds is 4. The van der Waals surface area contributed by atoms with E-state index in [2.05, 4.69) is 4.74 Å². The first kappa shape index (κ1) is 18.3. The molecular formula is C12H24O5. The summed E-state index contributed by atoms with van der Waals surface area (Å²) in [4.78, 5) is 20.6. The minimum absolute atomic E-state index is 0.146. The molecule has 2 unspecified atom stereocenters. The van der Waals surface area contributed by atoms with Crippen LogP contribution in [-0.4, -0.2) is 34.4 Å². The fraction of sp³-hybridized carbons (Fsp3) is 0.833. The first-order valence-electron chi connectivity index (χ1n) is 5.70. The van der Waals surface area contributed by atoms with Crippen molar-refractivity contribution < 1.29 is 24.5 Å². The van der Waals surface area contributed by atoms with Crippen LogP contribution in [0.2, 0.25) is 0 Å². The summed E-state index contributed by atoms with van der Waals surface area (Å²) in [5.74, 6) is -1.24. The van der Waals surface area contributed by atoms with Crippen LogP contribution in [-0.2, 0) is 14.3 Å². The summed E-state index contributed by atoms with van der Waals surface area (Å²) in [5, 5.41) is 16.9. The molecular weight excluding hydrogens is 224 g/mol. The molecule has 0 fully saturated rings. The molecule has 0 saturated heterocycles. The number of carbonyl (C=O) groups excluding carboxylic acids is 1. The van der Waals surface area contributed by atoms with Gasteiger partial charge in [0.2, 0.25) is 0 Å². The Morgan fingerprint density at radius 3 is 1.47 bits per heavy atom. The summed E-state index contributed by atoms with van der Waals surface area (Å²) in [7, 11) is 0. The van der Waals surface area contributed by atoms with E-state index in [1.807, 2.05) is 13.8 Å². The summed E-state index contributed by atoms with van der Waals surface area (Å²) < 4.78 is 4.62. The van der Waals surface area contributed by atoms with Gasteiger partial charge in [0.15, 0.2) is 0 Å². The number of aliphatic carboxylic acids is 1. The molecule has 0 amide bonds. The molecule has 0 aromatic rings. The fourth-order valence-corrected chi connectivity index (χ4v) is 0.616. The van der Waals surface area contributed by atoms with Crippen molar-refractivity contribution in [3.05, 3.63) is 0 Å². The van der Waals surface area contributed by atoms with Gasteiger partial charge in [-0.05, 0) is 26.7 Å². The third-order valence-corrected chi connectivity index (χ3v) is 2.08. The summed E-state index contributed by atoms with van der Waals surface area (Å²) in [6.07, 6.45) is -1.15. The Balaban J connectivity index is 0. The Kier molecular flexibility index (Phi) is 9.66. The van der Waals surface area contributed by atoms with Crippen molar-refractivity contribution in [1.29, 1.82) is 0 Å². The molecule has 0 bridgehead atoms. The van der Waals surface area contributed by atoms with Gasteiger partial charge in [0.25, 0.3) is 0 Å². The fourth-order valence-electron chi connectivity index (χ4n) is 0.616. The Morgan fingerprint density at radius 2 is 1.41 bits per heavy atom. The van der Waals surface area contributed by atoms with Crippen molar-refractivity contribution in [2.75, 3.05) is 0 Å². The highest BCUT2D eigenvalue weighted by molar-refractivity contribution is 5.73. The van der Waals surface area contributed by atoms with Crippen molar-refractivity contribution in [2.45, 2.75) is 53.8 Å². The van der Waals surface area contributed by atoms with Gasteiger partial charge < -0.3 is 14.9 Å². The molecule has 102 valence electrons. The summed E-state index contributed by atoms with van der Waals surface area (Å²) in [6, 6.07) is 0. The zero-order chi connectivity index (χ0) is 14.2. The number of carboxylic acids is 1. The maximum atomic E-state index is 10.5. The minimum atomic E-state index is -1.01. The van der Waals surface area contributed by atoms with E-state index in [-0.39, 0.29) is 17.9 Å². The zero-order valence-electron chi connectivity index (χ0n) is 11.4. The van der Waals surface area contributed by atoms with Crippen LogP contribution in [0.25, 0.3) is 0 Å². The third-order valence-electron chi connectivity index (χ3n) is 2.08. The third kappa shape index (κ3) is 11.2. The molecule has 2 N–H and O–H groups in total. The number of esters is 1. The molecule has 0 aliphatic rings. The lowest BCUT2D eigenvalue weighted by atomic mass is 9.99. The average molecular weight is 248 g/mol. The highest BCUT2D eigenvalue weighted by atomic mass is 16.6. The van der Waals surface area contributed by atoms with Crippen molar-refractivity contribution in [2.24, 2.45) is 11.8 Å². The van der Waals surface area contributed by atoms with Gasteiger partial charge >= 0.3 is 11.9 Å². The Morgan fingerprint density at radius 1 is 1.00 bits per heavy atom. The number of aliphatic hydroxyl groups is 1. The highest BCUT2D eigenvalue weighted by Crippen LogP contribution is 2.08. The lowest BCUT2D eigenvalue weighted by molar-refractivity contribution is -0.156. The van der Waals surface area contributed by atoms with Crippen LogP contribution in [0.5, 0.6) is 0 Å². The van der Waals surface area contributed by atoms with Crippen LogP contribution in [0.1, 0.15) is 41.5 Å². The molecule has 0 aromatic heterocycles. The van der Waals surface area contributed by atoms with E-state index in [9.17, 15) is 9.59 Å². The first-order valence-corrected chi connectivity index (χ1v) is 5.70. The van der Waals surface area contributed by atoms with E-state index < -0.39 is 18.0 Å². The smallest absolute Gasteiger partial charge is 0.334 e. The van der Waals surface area contributed by atoms with Crippen LogP contribution in [0.15, 0.2) is 0 Å². The number of ether oxygens (including phenoxy) is 1. The van der Waals surface area contributed by atoms with E-state index >= 15 is 0 Å². The topological polar surface area (TPSA) is 83.8 Å². The first-order chi connectivity index (χ1) is 7.59. The lowest BCUT2D eigenvalue weighted by Crippen LogP contribution is -2.22. The number of aliphatic hydroxyl groups excluding tert-OH is 1. The van der Waals surface area contributed by atoms with Crippen LogP contribution < -0.4 is 0 Å². The molecule has 0 aliphatic heterocycles. The molecule has 0 aromatic carbocycles. The molecule has 0 saturated carbocycles. The van der Waals surface area contributed by atoms with Gasteiger partial charge in [-0.25, -0.2) is 4.79 Å². The van der Waals surface area contributed by atoms with Crippen LogP contribution in [0.3, 0.4) is 0 Å². The molecule has 0 spiro atoms. The Labute approximate surface area is 103 Å². The van der Waals surface area contributed by atoms with E-state index in [0.29, 0.717) is 0 Å². The maximum absolute atomic E-state index is 10.5. The quantitative estimate of drug-likeness (QED) is 0.739. The van der Waals surface area contributed by atoms with Crippen LogP contribution in [0, 0.1) is 11.8 Å². The van der Waals surface area contributed by atoms with Crippen molar-refractivity contribution in [1.82, 2.24) is 0 Å². The van der Waals surface area contributed by atoms with Gasteiger partial charge in [-0.2, -0.15) is 0 Å². The summed E-state index contributed by atoms with van der Waals surface area (Å²) in [5.41, 5.74) is 0. The molecule has 17 heavy (non-hydrogen) atoms. The van der Waals surface area contributed by atoms with E-state index in [0.717, 1.165) is 0 Å². The molecule has 5 heteroatoms. The number of hydrogen-bond acceptors (Lipinski definition) is 4. The van der Waals surface area contributed by atoms with Gasteiger partial charge in [-0.15, -0.1) is 0 Å². The predicted octanol–water partition coefficient (Wildman–Crippen LogP) is 1.68. The number of carbonyl (C=O) groups is 2. The van der Waals surface area contributed by atoms with Gasteiger partial charge in [0, 0.05) is 0 Å². The standard InChI is InChI=1S/C6H12O3.C6H12O2/c1-4(2)9-6(8)5(3)7;1-4(2)5(3)6(7)8/h4-5,7H,1-3H3;4-5H,1-3H3,(H,7,8). The number of hydrogen-bond donors (Lipinski definition) is 2. The Hall–Kier alpha value is -1.10. The second-order valence-electron chi connectivity index (χ2n) is 4.53. The van der Waals surface area contributed by atoms with E-state index in [4.69, 9.17) is 10.2 Å². The second kappa shape index (κ2) is 8.98. The molecule has 0 heterocycles. The summed E-state index contributed by atoms with van der Waals surface area (Å²) in [6.45, 7) is 10.4. The molecule has 0 rings (SSSR count). The SMILES string of the molecule is CC(C)C(C)C(=O)O.CC(C)OC(=O)C(C)O. The molecule has 0 aliphatic carbocycles. The zero-order valence-corrected chi connectivity index (χ0v) is 11.4. The van der Waals surface area contributed by atoms with Gasteiger partial charge in [-0.1, -0.05) is 20.8 Å². The van der Waals surface area contributed by atoms with E-state index in [1.165, 1.54) is 6.92 Å². The minimum Gasteiger partial charge on any atom is -0.481 e. The monoisotopic (exact) mass is 248 g/mol. The predicted molar refractivity (Wildman–Crippen MR) is 64.5 cm³/mol. The molecule has 2 atom stereocenters. The normalized spacial score (nSPS) is 13.7. The Bertz CT molecular complexity index is 233. The second-order valence-corrected chi connectivity index (χ2v) is 4.53. The van der Waals surface area contributed by atoms with Crippen molar-refractivity contribution in [3.8, 4) is 0 Å². The lowest BCUT2D eigenvalue weighted by Gasteiger charge is -2.08. The number of carboxylic acid groups (broad SMARTS) is 1. The molecule has 0 radical (unpaired) electrons. The highest BCUT2D eigenvalue weighted by Gasteiger charge is 2.13. The average Bonchev–Trinajstić information content (AvgIpc) is 2.15. The van der Waals surface area contributed by atoms with Gasteiger partial charge in [0.1, 0.15) is 6.10 Å². The summed E-state index contributed by atoms with van der Waals surface area (Å²) >= 11 is 0. The van der Waals surface area contributed by atoms with Gasteiger partial charge in [-0.3, -0.25) is 4.79 Å². The van der Waals surface area contributed by atoms with Crippen LogP contribution >= 0.6 is 0 Å².